The third kappa shape index (κ3) is 1.61. The molecule has 0 aromatic heterocycles. The second kappa shape index (κ2) is 4.22. The van der Waals surface area contributed by atoms with E-state index in [-0.39, 0.29) is 0 Å². The first-order chi connectivity index (χ1) is 8.35. The molecule has 1 fully saturated rings. The predicted octanol–water partition coefficient (Wildman–Crippen LogP) is 1.84. The van der Waals surface area contributed by atoms with Crippen molar-refractivity contribution in [3.05, 3.63) is 35.3 Å². The smallest absolute Gasteiger partial charge is 0.156 e. The second-order valence-corrected chi connectivity index (χ2v) is 4.93. The molecule has 1 saturated heterocycles. The van der Waals surface area contributed by atoms with Crippen molar-refractivity contribution in [2.24, 2.45) is 17.8 Å². The number of hydrogen-bond acceptors (Lipinski definition) is 3. The number of methoxy groups -OCH3 is 2. The molecule has 3 aliphatic rings. The van der Waals surface area contributed by atoms with Crippen LogP contribution in [0, 0.1) is 17.8 Å². The van der Waals surface area contributed by atoms with E-state index in [9.17, 15) is 0 Å². The third-order valence-corrected chi connectivity index (χ3v) is 4.22. The normalized spacial score (nSPS) is 35.2. The third-order valence-electron chi connectivity index (χ3n) is 4.22. The van der Waals surface area contributed by atoms with Crippen molar-refractivity contribution < 1.29 is 9.47 Å². The fourth-order valence-electron chi connectivity index (χ4n) is 3.39. The maximum absolute atomic E-state index is 5.57. The highest BCUT2D eigenvalue weighted by Gasteiger charge is 2.40. The molecule has 17 heavy (non-hydrogen) atoms. The van der Waals surface area contributed by atoms with Gasteiger partial charge in [0.1, 0.15) is 5.76 Å². The second-order valence-electron chi connectivity index (χ2n) is 4.93. The van der Waals surface area contributed by atoms with E-state index in [1.807, 2.05) is 0 Å². The molecule has 1 aliphatic heterocycles. The number of ether oxygens (including phenoxy) is 2. The zero-order valence-corrected chi connectivity index (χ0v) is 10.4. The predicted molar refractivity (Wildman–Crippen MR) is 66.2 cm³/mol. The lowest BCUT2D eigenvalue weighted by molar-refractivity contribution is 0.158. The van der Waals surface area contributed by atoms with Gasteiger partial charge in [-0.3, -0.25) is 0 Å². The number of rotatable bonds is 2. The summed E-state index contributed by atoms with van der Waals surface area (Å²) < 4.78 is 11.0. The van der Waals surface area contributed by atoms with Gasteiger partial charge < -0.3 is 14.8 Å². The van der Waals surface area contributed by atoms with Gasteiger partial charge in [0.25, 0.3) is 0 Å². The molecule has 3 unspecified atom stereocenters. The van der Waals surface area contributed by atoms with Gasteiger partial charge in [0.15, 0.2) is 5.76 Å². The van der Waals surface area contributed by atoms with Crippen molar-refractivity contribution in [3.63, 3.8) is 0 Å². The SMILES string of the molecule is COC1=C(OC)C2CC=C3CNCC3C2C=C1. The van der Waals surface area contributed by atoms with Crippen LogP contribution >= 0.6 is 0 Å². The van der Waals surface area contributed by atoms with Crippen molar-refractivity contribution in [1.82, 2.24) is 5.32 Å². The van der Waals surface area contributed by atoms with Crippen LogP contribution in [0.1, 0.15) is 6.42 Å². The summed E-state index contributed by atoms with van der Waals surface area (Å²) in [5, 5.41) is 3.47. The van der Waals surface area contributed by atoms with Crippen LogP contribution in [0.2, 0.25) is 0 Å². The molecule has 3 atom stereocenters. The lowest BCUT2D eigenvalue weighted by atomic mass is 9.70. The monoisotopic (exact) mass is 233 g/mol. The minimum atomic E-state index is 0.452. The Morgan fingerprint density at radius 3 is 2.88 bits per heavy atom. The van der Waals surface area contributed by atoms with E-state index in [1.54, 1.807) is 19.8 Å². The summed E-state index contributed by atoms with van der Waals surface area (Å²) in [6.45, 7) is 2.15. The van der Waals surface area contributed by atoms with E-state index in [2.05, 4.69) is 23.5 Å². The highest BCUT2D eigenvalue weighted by atomic mass is 16.5. The van der Waals surface area contributed by atoms with Gasteiger partial charge in [0, 0.05) is 24.9 Å². The summed E-state index contributed by atoms with van der Waals surface area (Å²) in [6, 6.07) is 0. The van der Waals surface area contributed by atoms with Crippen LogP contribution in [0.15, 0.2) is 35.3 Å². The van der Waals surface area contributed by atoms with Gasteiger partial charge in [-0.1, -0.05) is 17.7 Å². The first-order valence-corrected chi connectivity index (χ1v) is 6.25. The number of allylic oxidation sites excluding steroid dienone is 4. The van der Waals surface area contributed by atoms with Gasteiger partial charge in [-0.25, -0.2) is 0 Å². The van der Waals surface area contributed by atoms with Crippen molar-refractivity contribution in [3.8, 4) is 0 Å². The van der Waals surface area contributed by atoms with E-state index in [0.29, 0.717) is 17.8 Å². The van der Waals surface area contributed by atoms with E-state index in [1.165, 1.54) is 0 Å². The summed E-state index contributed by atoms with van der Waals surface area (Å²) in [5.41, 5.74) is 1.58. The first kappa shape index (κ1) is 10.9. The van der Waals surface area contributed by atoms with Gasteiger partial charge in [0.05, 0.1) is 14.2 Å². The Labute approximate surface area is 102 Å². The lowest BCUT2D eigenvalue weighted by Gasteiger charge is -2.36. The molecule has 1 heterocycles. The Morgan fingerprint density at radius 1 is 1.24 bits per heavy atom. The van der Waals surface area contributed by atoms with Gasteiger partial charge in [-0.15, -0.1) is 0 Å². The molecule has 0 radical (unpaired) electrons. The molecular formula is C14H19NO2. The Bertz CT molecular complexity index is 408. The van der Waals surface area contributed by atoms with Crippen LogP contribution in [0.25, 0.3) is 0 Å². The van der Waals surface area contributed by atoms with Crippen molar-refractivity contribution in [1.29, 1.82) is 0 Å². The van der Waals surface area contributed by atoms with Crippen LogP contribution in [-0.4, -0.2) is 27.3 Å². The van der Waals surface area contributed by atoms with Gasteiger partial charge in [-0.05, 0) is 18.4 Å². The molecule has 92 valence electrons. The summed E-state index contributed by atoms with van der Waals surface area (Å²) in [7, 11) is 3.46. The van der Waals surface area contributed by atoms with E-state index in [4.69, 9.17) is 9.47 Å². The minimum absolute atomic E-state index is 0.452. The lowest BCUT2D eigenvalue weighted by Crippen LogP contribution is -2.31. The maximum Gasteiger partial charge on any atom is 0.156 e. The minimum Gasteiger partial charge on any atom is -0.497 e. The molecule has 2 aliphatic carbocycles. The molecule has 3 heteroatoms. The fraction of sp³-hybridized carbons (Fsp3) is 0.571. The van der Waals surface area contributed by atoms with Crippen LogP contribution < -0.4 is 5.32 Å². The molecule has 3 rings (SSSR count). The van der Waals surface area contributed by atoms with Gasteiger partial charge >= 0.3 is 0 Å². The topological polar surface area (TPSA) is 30.5 Å². The highest BCUT2D eigenvalue weighted by molar-refractivity contribution is 5.33. The molecule has 0 bridgehead atoms. The molecule has 3 nitrogen and oxygen atoms in total. The average molecular weight is 233 g/mol. The summed E-state index contributed by atoms with van der Waals surface area (Å²) in [5.74, 6) is 3.57. The Morgan fingerprint density at radius 2 is 2.12 bits per heavy atom. The quantitative estimate of drug-likeness (QED) is 0.738. The maximum atomic E-state index is 5.57. The Balaban J connectivity index is 1.95. The molecular weight excluding hydrogens is 214 g/mol. The molecule has 1 N–H and O–H groups in total. The number of hydrogen-bond donors (Lipinski definition) is 1. The van der Waals surface area contributed by atoms with E-state index >= 15 is 0 Å². The first-order valence-electron chi connectivity index (χ1n) is 6.25. The summed E-state index contributed by atoms with van der Waals surface area (Å²) in [4.78, 5) is 0. The van der Waals surface area contributed by atoms with Crippen LogP contribution in [-0.2, 0) is 9.47 Å². The van der Waals surface area contributed by atoms with Crippen LogP contribution in [0.3, 0.4) is 0 Å². The zero-order valence-electron chi connectivity index (χ0n) is 10.4. The van der Waals surface area contributed by atoms with Crippen molar-refractivity contribution in [2.45, 2.75) is 6.42 Å². The highest BCUT2D eigenvalue weighted by Crippen LogP contribution is 2.44. The molecule has 0 saturated carbocycles. The van der Waals surface area contributed by atoms with E-state index in [0.717, 1.165) is 31.0 Å². The van der Waals surface area contributed by atoms with Gasteiger partial charge in [0.2, 0.25) is 0 Å². The molecule has 0 amide bonds. The van der Waals surface area contributed by atoms with E-state index < -0.39 is 0 Å². The Hall–Kier alpha value is -1.22. The molecule has 0 spiro atoms. The van der Waals surface area contributed by atoms with Crippen LogP contribution in [0.5, 0.6) is 0 Å². The fourth-order valence-corrected chi connectivity index (χ4v) is 3.39. The average Bonchev–Trinajstić information content (AvgIpc) is 2.85. The van der Waals surface area contributed by atoms with Crippen LogP contribution in [0.4, 0.5) is 0 Å². The Kier molecular flexibility index (Phi) is 2.71. The number of nitrogens with one attached hydrogen (secondary N) is 1. The zero-order chi connectivity index (χ0) is 11.8. The van der Waals surface area contributed by atoms with Crippen molar-refractivity contribution in [2.75, 3.05) is 27.3 Å². The number of fused-ring (bicyclic) bond motifs is 3. The largest absolute Gasteiger partial charge is 0.497 e. The standard InChI is InChI=1S/C14H19NO2/c1-16-13-6-5-10-11(14(13)17-2)4-3-9-7-15-8-12(9)10/h3,5-6,10-12,15H,4,7-8H2,1-2H3. The van der Waals surface area contributed by atoms with Gasteiger partial charge in [-0.2, -0.15) is 0 Å². The molecule has 0 aromatic rings. The van der Waals surface area contributed by atoms with Crippen molar-refractivity contribution >= 4 is 0 Å². The summed E-state index contributed by atoms with van der Waals surface area (Å²) >= 11 is 0. The molecule has 0 aromatic carbocycles. The summed E-state index contributed by atoms with van der Waals surface area (Å²) in [6.07, 6.45) is 7.83.